The Bertz CT molecular complexity index is 894. The van der Waals surface area contributed by atoms with Gasteiger partial charge in [-0.2, -0.15) is 5.10 Å². The normalized spacial score (nSPS) is 15.7. The van der Waals surface area contributed by atoms with E-state index in [0.29, 0.717) is 25.1 Å². The number of nitrogens with zero attached hydrogens (tertiary/aromatic N) is 5. The van der Waals surface area contributed by atoms with Crippen molar-refractivity contribution in [2.24, 2.45) is 0 Å². The summed E-state index contributed by atoms with van der Waals surface area (Å²) >= 11 is 0. The highest BCUT2D eigenvalue weighted by molar-refractivity contribution is 5.76. The third-order valence-corrected chi connectivity index (χ3v) is 4.82. The molecule has 4 rings (SSSR count). The maximum atomic E-state index is 12.7. The summed E-state index contributed by atoms with van der Waals surface area (Å²) in [5.41, 5.74) is 3.48. The van der Waals surface area contributed by atoms with Crippen LogP contribution >= 0.6 is 0 Å². The van der Waals surface area contributed by atoms with E-state index in [4.69, 9.17) is 0 Å². The highest BCUT2D eigenvalue weighted by atomic mass is 16.3. The topological polar surface area (TPSA) is 75.7 Å². The molecule has 3 aromatic heterocycles. The molecule has 3 aromatic rings. The van der Waals surface area contributed by atoms with Crippen molar-refractivity contribution >= 4 is 11.6 Å². The molecule has 1 aliphatic rings. The van der Waals surface area contributed by atoms with Crippen molar-refractivity contribution in [1.82, 2.24) is 24.1 Å². The van der Waals surface area contributed by atoms with Crippen molar-refractivity contribution in [2.45, 2.75) is 45.4 Å². The van der Waals surface area contributed by atoms with Crippen LogP contribution in [0.25, 0.3) is 5.65 Å². The first-order valence-electron chi connectivity index (χ1n) is 9.05. The van der Waals surface area contributed by atoms with Gasteiger partial charge in [-0.1, -0.05) is 6.07 Å². The van der Waals surface area contributed by atoms with E-state index in [0.717, 1.165) is 36.5 Å². The summed E-state index contributed by atoms with van der Waals surface area (Å²) in [6, 6.07) is 7.78. The van der Waals surface area contributed by atoms with Gasteiger partial charge < -0.3 is 14.4 Å². The standard InChI is InChI=1S/C19H23N5O2/c1-14(25)17-11-16-13-23(9-4-10-24(16)21-17)19(26)7-6-15-12-22-8-3-2-5-18(22)20-15/h2-3,5,8,11-12,14,25H,4,6-7,9-10,13H2,1H3. The first kappa shape index (κ1) is 16.8. The molecular weight excluding hydrogens is 330 g/mol. The predicted octanol–water partition coefficient (Wildman–Crippen LogP) is 1.95. The molecule has 7 heteroatoms. The van der Waals surface area contributed by atoms with Gasteiger partial charge in [0.25, 0.3) is 0 Å². The molecule has 0 aromatic carbocycles. The summed E-state index contributed by atoms with van der Waals surface area (Å²) < 4.78 is 3.89. The number of aliphatic hydroxyl groups is 1. The van der Waals surface area contributed by atoms with Crippen molar-refractivity contribution in [3.05, 3.63) is 53.7 Å². The number of pyridine rings is 1. The molecular formula is C19H23N5O2. The zero-order valence-electron chi connectivity index (χ0n) is 14.9. The smallest absolute Gasteiger partial charge is 0.223 e. The van der Waals surface area contributed by atoms with Crippen molar-refractivity contribution in [1.29, 1.82) is 0 Å². The van der Waals surface area contributed by atoms with Crippen molar-refractivity contribution in [3.63, 3.8) is 0 Å². The molecule has 0 spiro atoms. The van der Waals surface area contributed by atoms with Crippen LogP contribution < -0.4 is 0 Å². The maximum Gasteiger partial charge on any atom is 0.223 e. The largest absolute Gasteiger partial charge is 0.387 e. The van der Waals surface area contributed by atoms with Gasteiger partial charge >= 0.3 is 0 Å². The highest BCUT2D eigenvalue weighted by Gasteiger charge is 2.21. The van der Waals surface area contributed by atoms with Gasteiger partial charge in [0.2, 0.25) is 5.91 Å². The summed E-state index contributed by atoms with van der Waals surface area (Å²) in [7, 11) is 0. The lowest BCUT2D eigenvalue weighted by atomic mass is 10.2. The summed E-state index contributed by atoms with van der Waals surface area (Å²) in [6.45, 7) is 3.76. The van der Waals surface area contributed by atoms with Crippen molar-refractivity contribution in [2.75, 3.05) is 6.54 Å². The average molecular weight is 353 g/mol. The minimum absolute atomic E-state index is 0.135. The Balaban J connectivity index is 1.42. The molecule has 0 saturated heterocycles. The zero-order valence-corrected chi connectivity index (χ0v) is 14.9. The number of hydrogen-bond donors (Lipinski definition) is 1. The molecule has 0 fully saturated rings. The van der Waals surface area contributed by atoms with Crippen molar-refractivity contribution < 1.29 is 9.90 Å². The molecule has 0 radical (unpaired) electrons. The van der Waals surface area contributed by atoms with Gasteiger partial charge in [0.05, 0.1) is 29.7 Å². The van der Waals surface area contributed by atoms with Gasteiger partial charge in [-0.15, -0.1) is 0 Å². The molecule has 26 heavy (non-hydrogen) atoms. The Morgan fingerprint density at radius 1 is 1.35 bits per heavy atom. The van der Waals surface area contributed by atoms with Crippen LogP contribution in [0, 0.1) is 0 Å². The lowest BCUT2D eigenvalue weighted by Crippen LogP contribution is -2.30. The van der Waals surface area contributed by atoms with Gasteiger partial charge in [0.15, 0.2) is 0 Å². The Kier molecular flexibility index (Phi) is 4.46. The number of aliphatic hydroxyl groups excluding tert-OH is 1. The lowest BCUT2D eigenvalue weighted by molar-refractivity contribution is -0.131. The Labute approximate surface area is 151 Å². The Morgan fingerprint density at radius 3 is 3.04 bits per heavy atom. The molecule has 0 saturated carbocycles. The van der Waals surface area contributed by atoms with Crippen LogP contribution in [-0.2, 0) is 24.3 Å². The van der Waals surface area contributed by atoms with Gasteiger partial charge in [-0.3, -0.25) is 9.48 Å². The van der Waals surface area contributed by atoms with Gasteiger partial charge in [-0.05, 0) is 38.0 Å². The van der Waals surface area contributed by atoms with Crippen LogP contribution in [0.1, 0.15) is 43.0 Å². The molecule has 4 heterocycles. The number of rotatable bonds is 4. The van der Waals surface area contributed by atoms with Gasteiger partial charge in [0, 0.05) is 31.9 Å². The Morgan fingerprint density at radius 2 is 2.23 bits per heavy atom. The van der Waals surface area contributed by atoms with E-state index >= 15 is 0 Å². The highest BCUT2D eigenvalue weighted by Crippen LogP contribution is 2.18. The number of aryl methyl sites for hydroxylation is 2. The number of hydrogen-bond acceptors (Lipinski definition) is 4. The quantitative estimate of drug-likeness (QED) is 0.778. The number of imidazole rings is 1. The van der Waals surface area contributed by atoms with E-state index in [1.807, 2.05) is 50.6 Å². The van der Waals surface area contributed by atoms with Gasteiger partial charge in [0.1, 0.15) is 5.65 Å². The van der Waals surface area contributed by atoms with E-state index in [9.17, 15) is 9.90 Å². The van der Waals surface area contributed by atoms with E-state index in [2.05, 4.69) is 10.1 Å². The third-order valence-electron chi connectivity index (χ3n) is 4.82. The SMILES string of the molecule is CC(O)c1cc2n(n1)CCCN(C(=O)CCc1cn3ccccc3n1)C2. The first-order chi connectivity index (χ1) is 12.6. The zero-order chi connectivity index (χ0) is 18.1. The molecule has 1 aliphatic heterocycles. The van der Waals surface area contributed by atoms with Crippen LogP contribution in [0.15, 0.2) is 36.7 Å². The molecule has 136 valence electrons. The van der Waals surface area contributed by atoms with E-state index in [1.54, 1.807) is 6.92 Å². The molecule has 1 N–H and O–H groups in total. The lowest BCUT2D eigenvalue weighted by Gasteiger charge is -2.19. The molecule has 1 amide bonds. The number of amides is 1. The summed E-state index contributed by atoms with van der Waals surface area (Å²) in [6.07, 6.45) is 5.30. The monoisotopic (exact) mass is 353 g/mol. The van der Waals surface area contributed by atoms with E-state index in [1.165, 1.54) is 0 Å². The second kappa shape index (κ2) is 6.92. The second-order valence-corrected chi connectivity index (χ2v) is 6.83. The number of carbonyl (C=O) groups excluding carboxylic acids is 1. The molecule has 1 atom stereocenters. The summed E-state index contributed by atoms with van der Waals surface area (Å²) in [5.74, 6) is 0.135. The number of fused-ring (bicyclic) bond motifs is 2. The summed E-state index contributed by atoms with van der Waals surface area (Å²) in [5, 5.41) is 14.2. The van der Waals surface area contributed by atoms with E-state index in [-0.39, 0.29) is 5.91 Å². The third kappa shape index (κ3) is 3.35. The second-order valence-electron chi connectivity index (χ2n) is 6.83. The maximum absolute atomic E-state index is 12.7. The molecule has 7 nitrogen and oxygen atoms in total. The minimum atomic E-state index is -0.589. The minimum Gasteiger partial charge on any atom is -0.387 e. The fourth-order valence-corrected chi connectivity index (χ4v) is 3.40. The van der Waals surface area contributed by atoms with Crippen LogP contribution in [-0.4, -0.2) is 41.6 Å². The number of carbonyl (C=O) groups is 1. The molecule has 0 aliphatic carbocycles. The molecule has 0 bridgehead atoms. The summed E-state index contributed by atoms with van der Waals surface area (Å²) in [4.78, 5) is 19.2. The van der Waals surface area contributed by atoms with Gasteiger partial charge in [-0.25, -0.2) is 4.98 Å². The first-order valence-corrected chi connectivity index (χ1v) is 9.05. The van der Waals surface area contributed by atoms with Crippen LogP contribution in [0.2, 0.25) is 0 Å². The molecule has 1 unspecified atom stereocenters. The predicted molar refractivity (Wildman–Crippen MR) is 96.4 cm³/mol. The fraction of sp³-hybridized carbons (Fsp3) is 0.421. The average Bonchev–Trinajstić information content (AvgIpc) is 3.17. The van der Waals surface area contributed by atoms with Crippen LogP contribution in [0.4, 0.5) is 0 Å². The fourth-order valence-electron chi connectivity index (χ4n) is 3.40. The Hall–Kier alpha value is -2.67. The number of aromatic nitrogens is 4. The van der Waals surface area contributed by atoms with Crippen molar-refractivity contribution in [3.8, 4) is 0 Å². The van der Waals surface area contributed by atoms with Crippen LogP contribution in [0.3, 0.4) is 0 Å². The van der Waals surface area contributed by atoms with E-state index < -0.39 is 6.10 Å². The van der Waals surface area contributed by atoms with Crippen LogP contribution in [0.5, 0.6) is 0 Å².